The molecule has 1 fully saturated rings. The minimum Gasteiger partial charge on any atom is -0.493 e. The Labute approximate surface area is 238 Å². The fraction of sp³-hybridized carbons (Fsp3) is 0.200. The van der Waals surface area contributed by atoms with Gasteiger partial charge in [0.2, 0.25) is 0 Å². The molecule has 8 nitrogen and oxygen atoms in total. The highest BCUT2D eigenvalue weighted by Crippen LogP contribution is 2.35. The number of benzene rings is 2. The standard InChI is InChI=1S/C30H24ClF2N3O5/c1-2-40-26-10-12-36(20-7-5-18(32)6-8-20)30(39)28(26)29(38)35-24-15-22(31)27(16-23(24)33)41-21-9-11-34-19(13-21)14-25(37)17-3-4-17/h5-13,15-17H,2-4,14H2,1H3,(H,35,38). The summed E-state index contributed by atoms with van der Waals surface area (Å²) in [5, 5.41) is 2.36. The Bertz CT molecular complexity index is 1690. The van der Waals surface area contributed by atoms with Crippen LogP contribution in [0, 0.1) is 17.6 Å². The number of pyridine rings is 2. The molecule has 0 atom stereocenters. The number of hydrogen-bond donors (Lipinski definition) is 1. The molecule has 1 N–H and O–H groups in total. The van der Waals surface area contributed by atoms with Crippen LogP contribution in [0.5, 0.6) is 17.2 Å². The van der Waals surface area contributed by atoms with Crippen molar-refractivity contribution in [1.29, 1.82) is 0 Å². The maximum Gasteiger partial charge on any atom is 0.271 e. The van der Waals surface area contributed by atoms with Gasteiger partial charge in [-0.1, -0.05) is 11.6 Å². The second-order valence-electron chi connectivity index (χ2n) is 9.36. The highest BCUT2D eigenvalue weighted by Gasteiger charge is 2.29. The van der Waals surface area contributed by atoms with E-state index >= 15 is 4.39 Å². The first-order valence-electron chi connectivity index (χ1n) is 12.8. The van der Waals surface area contributed by atoms with Crippen molar-refractivity contribution in [3.63, 3.8) is 0 Å². The first-order chi connectivity index (χ1) is 19.7. The molecule has 0 bridgehead atoms. The molecule has 2 aromatic carbocycles. The number of aromatic nitrogens is 2. The largest absolute Gasteiger partial charge is 0.493 e. The number of ether oxygens (including phenoxy) is 2. The number of nitrogens with one attached hydrogen (secondary N) is 1. The number of Topliss-reactive ketones (excluding diaryl/α,β-unsaturated/α-hetero) is 1. The molecule has 0 radical (unpaired) electrons. The summed E-state index contributed by atoms with van der Waals surface area (Å²) in [6.07, 6.45) is 4.86. The number of carbonyl (C=O) groups is 2. The van der Waals surface area contributed by atoms with Crippen LogP contribution >= 0.6 is 11.6 Å². The zero-order valence-corrected chi connectivity index (χ0v) is 22.6. The molecule has 41 heavy (non-hydrogen) atoms. The molecule has 5 rings (SSSR count). The Morgan fingerprint density at radius 1 is 1.07 bits per heavy atom. The van der Waals surface area contributed by atoms with Crippen LogP contribution < -0.4 is 20.3 Å². The van der Waals surface area contributed by atoms with Gasteiger partial charge in [0.15, 0.2) is 5.82 Å². The summed E-state index contributed by atoms with van der Waals surface area (Å²) in [7, 11) is 0. The second kappa shape index (κ2) is 11.9. The molecule has 2 heterocycles. The van der Waals surface area contributed by atoms with E-state index in [1.165, 1.54) is 42.7 Å². The van der Waals surface area contributed by atoms with E-state index in [1.807, 2.05) is 0 Å². The molecule has 1 aliphatic carbocycles. The van der Waals surface area contributed by atoms with E-state index in [2.05, 4.69) is 10.3 Å². The van der Waals surface area contributed by atoms with Gasteiger partial charge in [0, 0.05) is 42.6 Å². The molecular weight excluding hydrogens is 556 g/mol. The van der Waals surface area contributed by atoms with Crippen molar-refractivity contribution in [2.45, 2.75) is 26.2 Å². The van der Waals surface area contributed by atoms with Crippen LogP contribution in [0.2, 0.25) is 5.02 Å². The molecule has 0 aliphatic heterocycles. The van der Waals surface area contributed by atoms with E-state index in [-0.39, 0.29) is 52.5 Å². The van der Waals surface area contributed by atoms with Crippen LogP contribution in [0.3, 0.4) is 0 Å². The van der Waals surface area contributed by atoms with E-state index in [1.54, 1.807) is 19.1 Å². The lowest BCUT2D eigenvalue weighted by molar-refractivity contribution is -0.119. The molecule has 1 aliphatic rings. The van der Waals surface area contributed by atoms with Gasteiger partial charge in [-0.15, -0.1) is 0 Å². The first kappa shape index (κ1) is 28.0. The third-order valence-corrected chi connectivity index (χ3v) is 6.65. The lowest BCUT2D eigenvalue weighted by Gasteiger charge is -2.15. The molecule has 0 unspecified atom stereocenters. The Morgan fingerprint density at radius 3 is 2.54 bits per heavy atom. The van der Waals surface area contributed by atoms with Gasteiger partial charge in [0.05, 0.1) is 23.0 Å². The monoisotopic (exact) mass is 579 g/mol. The van der Waals surface area contributed by atoms with Crippen molar-refractivity contribution in [2.75, 3.05) is 11.9 Å². The lowest BCUT2D eigenvalue weighted by Crippen LogP contribution is -2.29. The Kier molecular flexibility index (Phi) is 8.11. The van der Waals surface area contributed by atoms with Gasteiger partial charge < -0.3 is 14.8 Å². The zero-order valence-electron chi connectivity index (χ0n) is 21.8. The Hall–Kier alpha value is -4.57. The number of nitrogens with zero attached hydrogens (tertiary/aromatic N) is 2. The van der Waals surface area contributed by atoms with E-state index in [0.717, 1.165) is 29.5 Å². The maximum atomic E-state index is 15.1. The summed E-state index contributed by atoms with van der Waals surface area (Å²) in [4.78, 5) is 42.9. The predicted octanol–water partition coefficient (Wildman–Crippen LogP) is 6.13. The molecular formula is C30H24ClF2N3O5. The summed E-state index contributed by atoms with van der Waals surface area (Å²) in [5.74, 6) is -1.80. The van der Waals surface area contributed by atoms with Crippen molar-refractivity contribution in [1.82, 2.24) is 9.55 Å². The summed E-state index contributed by atoms with van der Waals surface area (Å²) in [6, 6.07) is 11.8. The van der Waals surface area contributed by atoms with E-state index in [0.29, 0.717) is 17.1 Å². The molecule has 11 heteroatoms. The lowest BCUT2D eigenvalue weighted by atomic mass is 10.1. The predicted molar refractivity (Wildman–Crippen MR) is 148 cm³/mol. The van der Waals surface area contributed by atoms with Crippen LogP contribution in [0.25, 0.3) is 5.69 Å². The Balaban J connectivity index is 1.38. The summed E-state index contributed by atoms with van der Waals surface area (Å²) < 4.78 is 40.9. The average Bonchev–Trinajstić information content (AvgIpc) is 3.79. The molecule has 0 saturated heterocycles. The molecule has 1 amide bonds. The van der Waals surface area contributed by atoms with E-state index in [4.69, 9.17) is 21.1 Å². The second-order valence-corrected chi connectivity index (χ2v) is 9.77. The summed E-state index contributed by atoms with van der Waals surface area (Å²) in [5.41, 5.74) is -0.573. The smallest absolute Gasteiger partial charge is 0.271 e. The third-order valence-electron chi connectivity index (χ3n) is 6.36. The normalized spacial score (nSPS) is 12.6. The highest BCUT2D eigenvalue weighted by atomic mass is 35.5. The third kappa shape index (κ3) is 6.44. The van der Waals surface area contributed by atoms with Gasteiger partial charge in [0.25, 0.3) is 11.5 Å². The minimum atomic E-state index is -0.933. The van der Waals surface area contributed by atoms with E-state index in [9.17, 15) is 18.8 Å². The van der Waals surface area contributed by atoms with Crippen molar-refractivity contribution >= 4 is 29.0 Å². The highest BCUT2D eigenvalue weighted by molar-refractivity contribution is 6.32. The number of hydrogen-bond acceptors (Lipinski definition) is 6. The van der Waals surface area contributed by atoms with Gasteiger partial charge in [-0.3, -0.25) is 23.9 Å². The van der Waals surface area contributed by atoms with Gasteiger partial charge in [-0.25, -0.2) is 8.78 Å². The van der Waals surface area contributed by atoms with Crippen LogP contribution in [-0.4, -0.2) is 27.8 Å². The molecule has 4 aromatic rings. The van der Waals surface area contributed by atoms with Crippen molar-refractivity contribution in [3.8, 4) is 22.9 Å². The maximum absolute atomic E-state index is 15.1. The SMILES string of the molecule is CCOc1ccn(-c2ccc(F)cc2)c(=O)c1C(=O)Nc1cc(Cl)c(Oc2ccnc(CC(=O)C3CC3)c2)cc1F. The van der Waals surface area contributed by atoms with E-state index < -0.39 is 23.1 Å². The summed E-state index contributed by atoms with van der Waals surface area (Å²) >= 11 is 6.35. The Morgan fingerprint density at radius 2 is 1.83 bits per heavy atom. The molecule has 2 aromatic heterocycles. The number of carbonyl (C=O) groups excluding carboxylic acids is 2. The first-order valence-corrected chi connectivity index (χ1v) is 13.2. The van der Waals surface area contributed by atoms with Crippen molar-refractivity contribution in [3.05, 3.63) is 105 Å². The van der Waals surface area contributed by atoms with Crippen LogP contribution in [0.15, 0.2) is 71.8 Å². The van der Waals surface area contributed by atoms with Crippen molar-refractivity contribution in [2.24, 2.45) is 5.92 Å². The fourth-order valence-electron chi connectivity index (χ4n) is 4.17. The number of halogens is 3. The number of amides is 1. The van der Waals surface area contributed by atoms with Gasteiger partial charge in [0.1, 0.15) is 34.4 Å². The quantitative estimate of drug-likeness (QED) is 0.243. The number of anilines is 1. The molecule has 210 valence electrons. The number of rotatable bonds is 10. The van der Waals surface area contributed by atoms with Crippen LogP contribution in [0.1, 0.15) is 35.8 Å². The minimum absolute atomic E-state index is 0.00604. The fourth-order valence-corrected chi connectivity index (χ4v) is 4.37. The molecule has 1 saturated carbocycles. The summed E-state index contributed by atoms with van der Waals surface area (Å²) in [6.45, 7) is 1.85. The number of ketones is 1. The van der Waals surface area contributed by atoms with Crippen molar-refractivity contribution < 1.29 is 27.8 Å². The van der Waals surface area contributed by atoms with Gasteiger partial charge in [-0.05, 0) is 62.2 Å². The average molecular weight is 580 g/mol. The van der Waals surface area contributed by atoms with Crippen LogP contribution in [-0.2, 0) is 11.2 Å². The topological polar surface area (TPSA) is 99.5 Å². The molecule has 0 spiro atoms. The van der Waals surface area contributed by atoms with Crippen LogP contribution in [0.4, 0.5) is 14.5 Å². The zero-order chi connectivity index (χ0) is 29.1. The van der Waals surface area contributed by atoms with Gasteiger partial charge in [-0.2, -0.15) is 0 Å². The van der Waals surface area contributed by atoms with Gasteiger partial charge >= 0.3 is 0 Å².